The van der Waals surface area contributed by atoms with Gasteiger partial charge in [0.1, 0.15) is 0 Å². The molecule has 1 atom stereocenters. The van der Waals surface area contributed by atoms with E-state index < -0.39 is 10.0 Å². The Bertz CT molecular complexity index is 658. The molecule has 3 aliphatic rings. The van der Waals surface area contributed by atoms with Gasteiger partial charge in [0.25, 0.3) is 0 Å². The van der Waals surface area contributed by atoms with Crippen LogP contribution in [0.3, 0.4) is 0 Å². The minimum Gasteiger partial charge on any atom is -0.383 e. The number of rotatable bonds is 6. The highest BCUT2D eigenvalue weighted by Gasteiger charge is 2.64. The molecular formula is C19H35N3O4S. The Balaban J connectivity index is 1.80. The Kier molecular flexibility index (Phi) is 5.93. The van der Waals surface area contributed by atoms with Crippen LogP contribution in [-0.4, -0.2) is 94.2 Å². The van der Waals surface area contributed by atoms with Gasteiger partial charge in [0.05, 0.1) is 17.8 Å². The predicted octanol–water partition coefficient (Wildman–Crippen LogP) is 0.865. The van der Waals surface area contributed by atoms with Gasteiger partial charge in [0.2, 0.25) is 15.9 Å². The number of carbonyl (C=O) groups is 1. The predicted molar refractivity (Wildman–Crippen MR) is 105 cm³/mol. The summed E-state index contributed by atoms with van der Waals surface area (Å²) in [6.07, 6.45) is 2.42. The van der Waals surface area contributed by atoms with Crippen LogP contribution in [0.2, 0.25) is 0 Å². The van der Waals surface area contributed by atoms with E-state index in [1.165, 1.54) is 0 Å². The van der Waals surface area contributed by atoms with Crippen molar-refractivity contribution in [3.63, 3.8) is 0 Å². The molecule has 0 N–H and O–H groups in total. The van der Waals surface area contributed by atoms with E-state index in [2.05, 4.69) is 4.90 Å². The summed E-state index contributed by atoms with van der Waals surface area (Å²) < 4.78 is 32.2. The molecule has 7 nitrogen and oxygen atoms in total. The molecule has 0 bridgehead atoms. The van der Waals surface area contributed by atoms with Crippen molar-refractivity contribution >= 4 is 15.9 Å². The number of nitrogens with zero attached hydrogens (tertiary/aromatic N) is 3. The van der Waals surface area contributed by atoms with E-state index >= 15 is 0 Å². The van der Waals surface area contributed by atoms with Crippen molar-refractivity contribution in [2.45, 2.75) is 33.1 Å². The van der Waals surface area contributed by atoms with Crippen molar-refractivity contribution in [1.29, 1.82) is 0 Å². The molecule has 3 aliphatic heterocycles. The fourth-order valence-corrected chi connectivity index (χ4v) is 7.28. The molecule has 3 fully saturated rings. The molecule has 0 radical (unpaired) electrons. The lowest BCUT2D eigenvalue weighted by Crippen LogP contribution is -2.53. The van der Waals surface area contributed by atoms with E-state index in [1.54, 1.807) is 11.4 Å². The summed E-state index contributed by atoms with van der Waals surface area (Å²) in [5.41, 5.74) is -0.476. The van der Waals surface area contributed by atoms with Crippen molar-refractivity contribution in [1.82, 2.24) is 14.1 Å². The van der Waals surface area contributed by atoms with Gasteiger partial charge in [-0.3, -0.25) is 9.69 Å². The maximum Gasteiger partial charge on any atom is 0.230 e. The van der Waals surface area contributed by atoms with Gasteiger partial charge in [-0.25, -0.2) is 12.7 Å². The molecule has 27 heavy (non-hydrogen) atoms. The Morgan fingerprint density at radius 3 is 2.30 bits per heavy atom. The molecule has 0 unspecified atom stereocenters. The molecule has 0 aromatic rings. The second-order valence-corrected chi connectivity index (χ2v) is 11.1. The molecule has 156 valence electrons. The smallest absolute Gasteiger partial charge is 0.230 e. The van der Waals surface area contributed by atoms with Crippen LogP contribution in [0.5, 0.6) is 0 Å². The first-order valence-electron chi connectivity index (χ1n) is 10.1. The minimum absolute atomic E-state index is 0.119. The molecule has 3 saturated heterocycles. The number of ether oxygens (including phenoxy) is 1. The Morgan fingerprint density at radius 2 is 1.78 bits per heavy atom. The average Bonchev–Trinajstić information content (AvgIpc) is 3.05. The largest absolute Gasteiger partial charge is 0.383 e. The van der Waals surface area contributed by atoms with Gasteiger partial charge in [-0.05, 0) is 25.2 Å². The SMILES string of the molecule is COCCN1CC2(CCN(S(=O)(=O)CC(C)C)CC2)[C@@]2(CCN(C)C2=O)C1. The molecule has 0 aromatic heterocycles. The van der Waals surface area contributed by atoms with Crippen LogP contribution < -0.4 is 0 Å². The lowest BCUT2D eigenvalue weighted by molar-refractivity contribution is -0.140. The van der Waals surface area contributed by atoms with Gasteiger partial charge in [0.15, 0.2) is 0 Å². The number of amides is 1. The summed E-state index contributed by atoms with van der Waals surface area (Å²) in [7, 11) is 0.385. The van der Waals surface area contributed by atoms with Crippen LogP contribution in [0, 0.1) is 16.7 Å². The van der Waals surface area contributed by atoms with Crippen LogP contribution in [0.1, 0.15) is 33.1 Å². The lowest BCUT2D eigenvalue weighted by Gasteiger charge is -2.46. The zero-order valence-corrected chi connectivity index (χ0v) is 18.1. The van der Waals surface area contributed by atoms with E-state index in [0.29, 0.717) is 19.7 Å². The third-order valence-corrected chi connectivity index (χ3v) is 9.13. The normalized spacial score (nSPS) is 29.7. The monoisotopic (exact) mass is 401 g/mol. The van der Waals surface area contributed by atoms with E-state index in [-0.39, 0.29) is 28.4 Å². The first kappa shape index (κ1) is 21.0. The first-order chi connectivity index (χ1) is 12.7. The second kappa shape index (κ2) is 7.61. The van der Waals surface area contributed by atoms with Crippen molar-refractivity contribution in [3.05, 3.63) is 0 Å². The van der Waals surface area contributed by atoms with Gasteiger partial charge in [-0.1, -0.05) is 13.8 Å². The van der Waals surface area contributed by atoms with Crippen LogP contribution in [0.15, 0.2) is 0 Å². The molecule has 0 aromatic carbocycles. The number of likely N-dealkylation sites (tertiary alicyclic amines) is 2. The van der Waals surface area contributed by atoms with Gasteiger partial charge in [-0.2, -0.15) is 0 Å². The van der Waals surface area contributed by atoms with E-state index in [1.807, 2.05) is 25.8 Å². The third-order valence-electron chi connectivity index (χ3n) is 6.89. The number of hydrogen-bond acceptors (Lipinski definition) is 5. The Morgan fingerprint density at radius 1 is 1.11 bits per heavy atom. The average molecular weight is 402 g/mol. The lowest BCUT2D eigenvalue weighted by atomic mass is 9.60. The van der Waals surface area contributed by atoms with Crippen LogP contribution in [-0.2, 0) is 19.6 Å². The number of carbonyl (C=O) groups excluding carboxylic acids is 1. The molecule has 0 saturated carbocycles. The highest BCUT2D eigenvalue weighted by Crippen LogP contribution is 2.57. The maximum absolute atomic E-state index is 13.2. The number of fused-ring (bicyclic) bond motifs is 1. The van der Waals surface area contributed by atoms with Crippen molar-refractivity contribution in [2.75, 3.05) is 65.8 Å². The van der Waals surface area contributed by atoms with E-state index in [9.17, 15) is 13.2 Å². The summed E-state index contributed by atoms with van der Waals surface area (Å²) in [5, 5.41) is 0. The molecule has 3 rings (SSSR count). The highest BCUT2D eigenvalue weighted by atomic mass is 32.2. The van der Waals surface area contributed by atoms with Crippen molar-refractivity contribution in [3.8, 4) is 0 Å². The number of methoxy groups -OCH3 is 1. The first-order valence-corrected chi connectivity index (χ1v) is 11.7. The topological polar surface area (TPSA) is 70.2 Å². The summed E-state index contributed by atoms with van der Waals surface area (Å²) in [4.78, 5) is 17.4. The van der Waals surface area contributed by atoms with Crippen LogP contribution >= 0.6 is 0 Å². The molecule has 0 aliphatic carbocycles. The van der Waals surface area contributed by atoms with Crippen LogP contribution in [0.25, 0.3) is 0 Å². The molecule has 1 amide bonds. The standard InChI is InChI=1S/C19H35N3O4S/c1-16(2)13-27(24,25)22-9-5-18(6-10-22)14-21(11-12-26-4)15-19(18)7-8-20(3)17(19)23/h16H,5-15H2,1-4H3/t19-/m0/s1. The maximum atomic E-state index is 13.2. The number of sulfonamides is 1. The van der Waals surface area contributed by atoms with Gasteiger partial charge >= 0.3 is 0 Å². The Labute approximate surface area is 164 Å². The van der Waals surface area contributed by atoms with Gasteiger partial charge in [0, 0.05) is 58.8 Å². The fourth-order valence-electron chi connectivity index (χ4n) is 5.49. The second-order valence-electron chi connectivity index (χ2n) is 9.11. The zero-order chi connectivity index (χ0) is 19.9. The zero-order valence-electron chi connectivity index (χ0n) is 17.2. The molecule has 3 heterocycles. The quantitative estimate of drug-likeness (QED) is 0.660. The van der Waals surface area contributed by atoms with Gasteiger partial charge in [-0.15, -0.1) is 0 Å². The number of hydrogen-bond donors (Lipinski definition) is 0. The van der Waals surface area contributed by atoms with Crippen molar-refractivity contribution in [2.24, 2.45) is 16.7 Å². The highest BCUT2D eigenvalue weighted by molar-refractivity contribution is 7.89. The minimum atomic E-state index is -3.21. The Hall–Kier alpha value is -0.700. The molecule has 2 spiro atoms. The molecule has 8 heteroatoms. The fraction of sp³-hybridized carbons (Fsp3) is 0.947. The van der Waals surface area contributed by atoms with E-state index in [0.717, 1.165) is 45.4 Å². The molecular weight excluding hydrogens is 366 g/mol. The van der Waals surface area contributed by atoms with Crippen LogP contribution in [0.4, 0.5) is 0 Å². The van der Waals surface area contributed by atoms with Crippen molar-refractivity contribution < 1.29 is 17.9 Å². The summed E-state index contributed by atoms with van der Waals surface area (Å²) >= 11 is 0. The van der Waals surface area contributed by atoms with E-state index in [4.69, 9.17) is 4.74 Å². The summed E-state index contributed by atoms with van der Waals surface area (Å²) in [6, 6.07) is 0. The number of piperidine rings is 1. The third kappa shape index (κ3) is 3.66. The van der Waals surface area contributed by atoms with Gasteiger partial charge < -0.3 is 9.64 Å². The summed E-state index contributed by atoms with van der Waals surface area (Å²) in [5.74, 6) is 0.575. The summed E-state index contributed by atoms with van der Waals surface area (Å²) in [6.45, 7) is 8.88.